The Balaban J connectivity index is 1.63. The van der Waals surface area contributed by atoms with Gasteiger partial charge in [0.2, 0.25) is 0 Å². The number of aryl methyl sites for hydroxylation is 1. The fraction of sp³-hybridized carbons (Fsp3) is 0.318. The van der Waals surface area contributed by atoms with Crippen LogP contribution < -0.4 is 15.4 Å². The summed E-state index contributed by atoms with van der Waals surface area (Å²) in [6.07, 6.45) is 4.34. The SMILES string of the molecule is CCCCOc1ccc([C@@H]2NC(=S)NC3=C2CCc2ccccc23)cc1. The monoisotopic (exact) mass is 364 g/mol. The van der Waals surface area contributed by atoms with Gasteiger partial charge in [0.1, 0.15) is 5.75 Å². The third-order valence-corrected chi connectivity index (χ3v) is 5.33. The van der Waals surface area contributed by atoms with Crippen molar-refractivity contribution in [3.8, 4) is 5.75 Å². The van der Waals surface area contributed by atoms with E-state index in [1.54, 1.807) is 0 Å². The molecule has 1 aliphatic carbocycles. The van der Waals surface area contributed by atoms with E-state index in [0.29, 0.717) is 5.11 Å². The van der Waals surface area contributed by atoms with Crippen LogP contribution in [0.3, 0.4) is 0 Å². The molecule has 0 amide bonds. The lowest BCUT2D eigenvalue weighted by atomic mass is 9.83. The predicted octanol–water partition coefficient (Wildman–Crippen LogP) is 4.74. The van der Waals surface area contributed by atoms with Crippen molar-refractivity contribution >= 4 is 23.0 Å². The van der Waals surface area contributed by atoms with Gasteiger partial charge in [-0.2, -0.15) is 0 Å². The van der Waals surface area contributed by atoms with E-state index >= 15 is 0 Å². The summed E-state index contributed by atoms with van der Waals surface area (Å²) in [6.45, 7) is 2.95. The Kier molecular flexibility index (Phi) is 4.93. The Bertz CT molecular complexity index is 841. The molecule has 2 aromatic carbocycles. The van der Waals surface area contributed by atoms with Gasteiger partial charge >= 0.3 is 0 Å². The first kappa shape index (κ1) is 17.1. The van der Waals surface area contributed by atoms with E-state index in [-0.39, 0.29) is 6.04 Å². The highest BCUT2D eigenvalue weighted by molar-refractivity contribution is 7.80. The lowest BCUT2D eigenvalue weighted by Gasteiger charge is -2.35. The largest absolute Gasteiger partial charge is 0.494 e. The van der Waals surface area contributed by atoms with Gasteiger partial charge in [0.25, 0.3) is 0 Å². The van der Waals surface area contributed by atoms with Crippen molar-refractivity contribution in [1.82, 2.24) is 10.6 Å². The molecule has 0 aromatic heterocycles. The third-order valence-electron chi connectivity index (χ3n) is 5.11. The normalized spacial score (nSPS) is 18.5. The average Bonchev–Trinajstić information content (AvgIpc) is 2.68. The Morgan fingerprint density at radius 2 is 1.88 bits per heavy atom. The molecule has 1 aliphatic heterocycles. The third kappa shape index (κ3) is 3.34. The smallest absolute Gasteiger partial charge is 0.171 e. The lowest BCUT2D eigenvalue weighted by molar-refractivity contribution is 0.309. The molecule has 0 saturated carbocycles. The van der Waals surface area contributed by atoms with E-state index in [1.165, 1.54) is 28.0 Å². The molecule has 0 spiro atoms. The molecule has 0 radical (unpaired) electrons. The van der Waals surface area contributed by atoms with Gasteiger partial charge in [-0.1, -0.05) is 49.7 Å². The highest BCUT2D eigenvalue weighted by atomic mass is 32.1. The molecule has 26 heavy (non-hydrogen) atoms. The van der Waals surface area contributed by atoms with Crippen LogP contribution in [0.5, 0.6) is 5.75 Å². The Morgan fingerprint density at radius 1 is 1.08 bits per heavy atom. The average molecular weight is 365 g/mol. The molecule has 0 unspecified atom stereocenters. The van der Waals surface area contributed by atoms with E-state index in [4.69, 9.17) is 17.0 Å². The van der Waals surface area contributed by atoms with Crippen LogP contribution in [-0.2, 0) is 6.42 Å². The molecule has 0 saturated heterocycles. The lowest BCUT2D eigenvalue weighted by Crippen LogP contribution is -2.44. The molecule has 2 N–H and O–H groups in total. The summed E-state index contributed by atoms with van der Waals surface area (Å²) in [4.78, 5) is 0. The minimum atomic E-state index is 0.122. The number of rotatable bonds is 5. The van der Waals surface area contributed by atoms with Gasteiger partial charge in [-0.25, -0.2) is 0 Å². The molecule has 1 atom stereocenters. The summed E-state index contributed by atoms with van der Waals surface area (Å²) in [5, 5.41) is 7.54. The van der Waals surface area contributed by atoms with Gasteiger partial charge in [0.05, 0.1) is 12.6 Å². The first-order valence-electron chi connectivity index (χ1n) is 9.38. The zero-order valence-corrected chi connectivity index (χ0v) is 15.9. The minimum absolute atomic E-state index is 0.122. The summed E-state index contributed by atoms with van der Waals surface area (Å²) in [5.74, 6) is 0.932. The molecule has 4 heteroatoms. The molecule has 2 aromatic rings. The number of ether oxygens (including phenoxy) is 1. The second kappa shape index (κ2) is 7.50. The number of unbranched alkanes of at least 4 members (excludes halogenated alkanes) is 1. The van der Waals surface area contributed by atoms with Crippen molar-refractivity contribution in [2.45, 2.75) is 38.6 Å². The predicted molar refractivity (Wildman–Crippen MR) is 110 cm³/mol. The Labute approximate surface area is 160 Å². The van der Waals surface area contributed by atoms with Crippen LogP contribution in [0.15, 0.2) is 54.1 Å². The minimum Gasteiger partial charge on any atom is -0.494 e. The standard InChI is InChI=1S/C22H24N2OS/c1-2-3-14-25-17-11-8-16(9-12-17)20-19-13-10-15-6-4-5-7-18(15)21(19)24-22(26)23-20/h4-9,11-12,20H,2-3,10,13-14H2,1H3,(H2,23,24,26)/t20-/m0/s1. The number of thiocarbonyl (C=S) groups is 1. The second-order valence-electron chi connectivity index (χ2n) is 6.86. The molecule has 134 valence electrons. The van der Waals surface area contributed by atoms with Gasteiger partial charge in [-0.15, -0.1) is 0 Å². The number of hydrogen-bond acceptors (Lipinski definition) is 2. The fourth-order valence-electron chi connectivity index (χ4n) is 3.73. The topological polar surface area (TPSA) is 33.3 Å². The zero-order chi connectivity index (χ0) is 17.9. The van der Waals surface area contributed by atoms with Gasteiger partial charge in [-0.3, -0.25) is 0 Å². The summed E-state index contributed by atoms with van der Waals surface area (Å²) >= 11 is 5.50. The molecular weight excluding hydrogens is 340 g/mol. The van der Waals surface area contributed by atoms with E-state index in [1.807, 2.05) is 0 Å². The summed E-state index contributed by atoms with van der Waals surface area (Å²) in [6, 6.07) is 17.2. The van der Waals surface area contributed by atoms with Crippen LogP contribution in [0, 0.1) is 0 Å². The Hall–Kier alpha value is -2.33. The van der Waals surface area contributed by atoms with Gasteiger partial charge in [-0.05, 0) is 60.3 Å². The van der Waals surface area contributed by atoms with Crippen molar-refractivity contribution < 1.29 is 4.74 Å². The van der Waals surface area contributed by atoms with Crippen LogP contribution in [0.4, 0.5) is 0 Å². The molecule has 0 fully saturated rings. The van der Waals surface area contributed by atoms with Crippen LogP contribution >= 0.6 is 12.2 Å². The number of nitrogens with one attached hydrogen (secondary N) is 2. The molecule has 2 aliphatic rings. The number of hydrogen-bond donors (Lipinski definition) is 2. The molecule has 0 bridgehead atoms. The zero-order valence-electron chi connectivity index (χ0n) is 15.0. The van der Waals surface area contributed by atoms with Crippen LogP contribution in [0.2, 0.25) is 0 Å². The fourth-order valence-corrected chi connectivity index (χ4v) is 3.95. The molecule has 3 nitrogen and oxygen atoms in total. The van der Waals surface area contributed by atoms with Crippen molar-refractivity contribution in [1.29, 1.82) is 0 Å². The van der Waals surface area contributed by atoms with E-state index in [0.717, 1.165) is 38.0 Å². The number of benzene rings is 2. The van der Waals surface area contributed by atoms with Crippen LogP contribution in [-0.4, -0.2) is 11.7 Å². The highest BCUT2D eigenvalue weighted by Crippen LogP contribution is 2.38. The Morgan fingerprint density at radius 3 is 2.69 bits per heavy atom. The van der Waals surface area contributed by atoms with E-state index in [2.05, 4.69) is 66.1 Å². The first-order valence-corrected chi connectivity index (χ1v) is 9.78. The quantitative estimate of drug-likeness (QED) is 0.593. The van der Waals surface area contributed by atoms with Crippen molar-refractivity contribution in [2.75, 3.05) is 6.61 Å². The van der Waals surface area contributed by atoms with Gasteiger partial charge in [0, 0.05) is 11.3 Å². The van der Waals surface area contributed by atoms with Gasteiger partial charge < -0.3 is 15.4 Å². The van der Waals surface area contributed by atoms with E-state index < -0.39 is 0 Å². The van der Waals surface area contributed by atoms with Crippen molar-refractivity contribution in [2.24, 2.45) is 0 Å². The molecule has 4 rings (SSSR count). The molecule has 1 heterocycles. The van der Waals surface area contributed by atoms with Crippen molar-refractivity contribution in [3.63, 3.8) is 0 Å². The maximum atomic E-state index is 5.79. The molecular formula is C22H24N2OS. The van der Waals surface area contributed by atoms with Crippen molar-refractivity contribution in [3.05, 3.63) is 70.8 Å². The van der Waals surface area contributed by atoms with E-state index in [9.17, 15) is 0 Å². The summed E-state index contributed by atoms with van der Waals surface area (Å²) in [5.41, 5.74) is 6.47. The number of fused-ring (bicyclic) bond motifs is 2. The maximum absolute atomic E-state index is 5.79. The highest BCUT2D eigenvalue weighted by Gasteiger charge is 2.30. The second-order valence-corrected chi connectivity index (χ2v) is 7.27. The maximum Gasteiger partial charge on any atom is 0.171 e. The van der Waals surface area contributed by atoms with Gasteiger partial charge in [0.15, 0.2) is 5.11 Å². The summed E-state index contributed by atoms with van der Waals surface area (Å²) in [7, 11) is 0. The first-order chi connectivity index (χ1) is 12.8. The van der Waals surface area contributed by atoms with Crippen LogP contribution in [0.1, 0.15) is 48.9 Å². The summed E-state index contributed by atoms with van der Waals surface area (Å²) < 4.78 is 5.79. The van der Waals surface area contributed by atoms with Crippen LogP contribution in [0.25, 0.3) is 5.70 Å².